The predicted octanol–water partition coefficient (Wildman–Crippen LogP) is 2.09. The summed E-state index contributed by atoms with van der Waals surface area (Å²) in [6.07, 6.45) is 6.25. The summed E-state index contributed by atoms with van der Waals surface area (Å²) in [7, 11) is 0. The number of amides is 1. The largest absolute Gasteiger partial charge is 0.353 e. The maximum atomic E-state index is 11.7. The molecule has 0 aromatic heterocycles. The lowest BCUT2D eigenvalue weighted by molar-refractivity contribution is -0.135. The second kappa shape index (κ2) is 3.00. The summed E-state index contributed by atoms with van der Waals surface area (Å²) < 4.78 is 0. The average Bonchev–Trinajstić information content (AvgIpc) is 2.06. The van der Waals surface area contributed by atoms with Gasteiger partial charge in [-0.05, 0) is 25.2 Å². The van der Waals surface area contributed by atoms with Crippen LogP contribution in [0.4, 0.5) is 0 Å². The van der Waals surface area contributed by atoms with Crippen LogP contribution >= 0.6 is 0 Å². The van der Waals surface area contributed by atoms with E-state index in [1.54, 1.807) is 0 Å². The number of piperidine rings is 1. The van der Waals surface area contributed by atoms with Crippen LogP contribution in [-0.2, 0) is 4.79 Å². The molecular weight excluding hydrogens is 162 g/mol. The van der Waals surface area contributed by atoms with Gasteiger partial charge >= 0.3 is 0 Å². The Hall–Kier alpha value is -0.530. The van der Waals surface area contributed by atoms with Crippen molar-refractivity contribution in [2.24, 2.45) is 11.3 Å². The lowest BCUT2D eigenvalue weighted by Crippen LogP contribution is -2.54. The molecule has 2 atom stereocenters. The van der Waals surface area contributed by atoms with E-state index in [2.05, 4.69) is 19.2 Å². The van der Waals surface area contributed by atoms with Crippen molar-refractivity contribution in [3.63, 3.8) is 0 Å². The smallest absolute Gasteiger partial charge is 0.225 e. The Morgan fingerprint density at radius 2 is 2.00 bits per heavy atom. The highest BCUT2D eigenvalue weighted by Crippen LogP contribution is 2.38. The Morgan fingerprint density at radius 1 is 1.31 bits per heavy atom. The minimum Gasteiger partial charge on any atom is -0.353 e. The zero-order chi connectivity index (χ0) is 9.47. The Balaban J connectivity index is 2.10. The van der Waals surface area contributed by atoms with E-state index in [0.29, 0.717) is 6.04 Å². The van der Waals surface area contributed by atoms with Crippen LogP contribution < -0.4 is 5.32 Å². The monoisotopic (exact) mass is 181 g/mol. The molecular formula is C11H19NO. The first kappa shape index (κ1) is 9.04. The summed E-state index contributed by atoms with van der Waals surface area (Å²) in [6.45, 7) is 4.13. The van der Waals surface area contributed by atoms with Gasteiger partial charge in [0.15, 0.2) is 0 Å². The minimum atomic E-state index is -0.126. The average molecular weight is 181 g/mol. The van der Waals surface area contributed by atoms with Gasteiger partial charge in [0, 0.05) is 11.5 Å². The fourth-order valence-corrected chi connectivity index (χ4v) is 2.75. The Labute approximate surface area is 80.1 Å². The summed E-state index contributed by atoms with van der Waals surface area (Å²) in [5.41, 5.74) is -0.126. The van der Waals surface area contributed by atoms with Crippen LogP contribution in [0.2, 0.25) is 0 Å². The normalized spacial score (nSPS) is 37.8. The number of carbonyl (C=O) groups excluding carboxylic acids is 1. The van der Waals surface area contributed by atoms with Crippen molar-refractivity contribution in [2.75, 3.05) is 0 Å². The zero-order valence-corrected chi connectivity index (χ0v) is 8.60. The SMILES string of the molecule is CC1(C)CC2CCCCC2NC1=O. The lowest BCUT2D eigenvalue weighted by Gasteiger charge is -2.43. The summed E-state index contributed by atoms with van der Waals surface area (Å²) >= 11 is 0. The van der Waals surface area contributed by atoms with Crippen LogP contribution in [0.15, 0.2) is 0 Å². The van der Waals surface area contributed by atoms with Crippen LogP contribution in [0.25, 0.3) is 0 Å². The zero-order valence-electron chi connectivity index (χ0n) is 8.60. The summed E-state index contributed by atoms with van der Waals surface area (Å²) in [5, 5.41) is 3.17. The standard InChI is InChI=1S/C11H19NO/c1-11(2)7-8-5-3-4-6-9(8)12-10(11)13/h8-9H,3-7H2,1-2H3,(H,12,13). The first-order valence-corrected chi connectivity index (χ1v) is 5.40. The van der Waals surface area contributed by atoms with Gasteiger partial charge in [-0.25, -0.2) is 0 Å². The third-order valence-electron chi connectivity index (χ3n) is 3.61. The molecule has 0 aromatic rings. The highest BCUT2D eigenvalue weighted by Gasteiger charge is 2.41. The number of carbonyl (C=O) groups is 1. The number of nitrogens with one attached hydrogen (secondary N) is 1. The van der Waals surface area contributed by atoms with Crippen LogP contribution in [-0.4, -0.2) is 11.9 Å². The first-order chi connectivity index (χ1) is 6.09. The topological polar surface area (TPSA) is 29.1 Å². The number of rotatable bonds is 0. The van der Waals surface area contributed by atoms with E-state index < -0.39 is 0 Å². The summed E-state index contributed by atoms with van der Waals surface area (Å²) in [6, 6.07) is 0.495. The molecule has 0 radical (unpaired) electrons. The molecule has 1 aliphatic heterocycles. The first-order valence-electron chi connectivity index (χ1n) is 5.40. The second-order valence-electron chi connectivity index (χ2n) is 5.21. The van der Waals surface area contributed by atoms with Crippen LogP contribution in [0.1, 0.15) is 46.0 Å². The molecule has 1 heterocycles. The molecule has 2 nitrogen and oxygen atoms in total. The van der Waals surface area contributed by atoms with Gasteiger partial charge in [-0.15, -0.1) is 0 Å². The van der Waals surface area contributed by atoms with Crippen molar-refractivity contribution >= 4 is 5.91 Å². The molecule has 0 spiro atoms. The molecule has 74 valence electrons. The molecule has 1 saturated heterocycles. The van der Waals surface area contributed by atoms with E-state index in [9.17, 15) is 4.79 Å². The van der Waals surface area contributed by atoms with Gasteiger partial charge < -0.3 is 5.32 Å². The van der Waals surface area contributed by atoms with Gasteiger partial charge in [0.25, 0.3) is 0 Å². The van der Waals surface area contributed by atoms with E-state index in [0.717, 1.165) is 12.3 Å². The van der Waals surface area contributed by atoms with E-state index in [4.69, 9.17) is 0 Å². The van der Waals surface area contributed by atoms with E-state index in [-0.39, 0.29) is 11.3 Å². The molecule has 13 heavy (non-hydrogen) atoms. The highest BCUT2D eigenvalue weighted by molar-refractivity contribution is 5.83. The number of hydrogen-bond acceptors (Lipinski definition) is 1. The van der Waals surface area contributed by atoms with E-state index in [1.165, 1.54) is 25.7 Å². The van der Waals surface area contributed by atoms with Crippen molar-refractivity contribution < 1.29 is 4.79 Å². The highest BCUT2D eigenvalue weighted by atomic mass is 16.2. The third-order valence-corrected chi connectivity index (χ3v) is 3.61. The van der Waals surface area contributed by atoms with Gasteiger partial charge in [0.2, 0.25) is 5.91 Å². The fraction of sp³-hybridized carbons (Fsp3) is 0.909. The Kier molecular flexibility index (Phi) is 2.09. The molecule has 0 bridgehead atoms. The van der Waals surface area contributed by atoms with Crippen LogP contribution in [0.5, 0.6) is 0 Å². The molecule has 1 amide bonds. The Bertz CT molecular complexity index is 222. The number of hydrogen-bond donors (Lipinski definition) is 1. The predicted molar refractivity (Wildman–Crippen MR) is 52.3 cm³/mol. The molecule has 2 heteroatoms. The number of fused-ring (bicyclic) bond motifs is 1. The van der Waals surface area contributed by atoms with Gasteiger partial charge in [-0.2, -0.15) is 0 Å². The fourth-order valence-electron chi connectivity index (χ4n) is 2.75. The van der Waals surface area contributed by atoms with Gasteiger partial charge in [-0.1, -0.05) is 26.7 Å². The lowest BCUT2D eigenvalue weighted by atomic mass is 9.70. The molecule has 1 N–H and O–H groups in total. The summed E-state index contributed by atoms with van der Waals surface area (Å²) in [5.74, 6) is 1.01. The van der Waals surface area contributed by atoms with E-state index >= 15 is 0 Å². The molecule has 2 rings (SSSR count). The summed E-state index contributed by atoms with van der Waals surface area (Å²) in [4.78, 5) is 11.7. The van der Waals surface area contributed by atoms with Crippen LogP contribution in [0.3, 0.4) is 0 Å². The van der Waals surface area contributed by atoms with Crippen molar-refractivity contribution in [1.82, 2.24) is 5.32 Å². The second-order valence-corrected chi connectivity index (χ2v) is 5.21. The third kappa shape index (κ3) is 1.59. The maximum Gasteiger partial charge on any atom is 0.225 e. The van der Waals surface area contributed by atoms with Gasteiger partial charge in [0.05, 0.1) is 0 Å². The molecule has 1 saturated carbocycles. The molecule has 2 fully saturated rings. The van der Waals surface area contributed by atoms with Crippen LogP contribution in [0, 0.1) is 11.3 Å². The van der Waals surface area contributed by atoms with Crippen molar-refractivity contribution in [3.05, 3.63) is 0 Å². The maximum absolute atomic E-state index is 11.7. The van der Waals surface area contributed by atoms with Gasteiger partial charge in [0.1, 0.15) is 0 Å². The quantitative estimate of drug-likeness (QED) is 0.609. The molecule has 0 aromatic carbocycles. The van der Waals surface area contributed by atoms with Gasteiger partial charge in [-0.3, -0.25) is 4.79 Å². The van der Waals surface area contributed by atoms with Crippen molar-refractivity contribution in [1.29, 1.82) is 0 Å². The Morgan fingerprint density at radius 3 is 2.77 bits per heavy atom. The minimum absolute atomic E-state index is 0.126. The van der Waals surface area contributed by atoms with Crippen molar-refractivity contribution in [2.45, 2.75) is 52.0 Å². The molecule has 1 aliphatic carbocycles. The van der Waals surface area contributed by atoms with E-state index in [1.807, 2.05) is 0 Å². The molecule has 2 aliphatic rings. The molecule has 2 unspecified atom stereocenters. The van der Waals surface area contributed by atoms with Crippen molar-refractivity contribution in [3.8, 4) is 0 Å².